The lowest BCUT2D eigenvalue weighted by molar-refractivity contribution is -0.144. The zero-order valence-corrected chi connectivity index (χ0v) is 12.5. The number of para-hydroxylation sites is 1. The number of methoxy groups -OCH3 is 1. The van der Waals surface area contributed by atoms with Gasteiger partial charge in [0.05, 0.1) is 19.6 Å². The monoisotopic (exact) mass is 291 g/mol. The molecule has 0 radical (unpaired) electrons. The van der Waals surface area contributed by atoms with Gasteiger partial charge in [0, 0.05) is 12.3 Å². The first-order valence-electron chi connectivity index (χ1n) is 7.22. The van der Waals surface area contributed by atoms with Gasteiger partial charge in [0.25, 0.3) is 0 Å². The Morgan fingerprint density at radius 1 is 1.38 bits per heavy atom. The summed E-state index contributed by atoms with van der Waals surface area (Å²) in [5.41, 5.74) is 0.714. The highest BCUT2D eigenvalue weighted by Crippen LogP contribution is 2.25. The highest BCUT2D eigenvalue weighted by molar-refractivity contribution is 6.00. The van der Waals surface area contributed by atoms with Gasteiger partial charge in [-0.3, -0.25) is 9.69 Å². The van der Waals surface area contributed by atoms with Gasteiger partial charge in [-0.2, -0.15) is 0 Å². The van der Waals surface area contributed by atoms with E-state index in [9.17, 15) is 9.59 Å². The van der Waals surface area contributed by atoms with Crippen molar-refractivity contribution in [3.63, 3.8) is 0 Å². The second kappa shape index (κ2) is 7.22. The first-order chi connectivity index (χ1) is 10.2. The molecule has 1 fully saturated rings. The lowest BCUT2D eigenvalue weighted by Crippen LogP contribution is -2.48. The Bertz CT molecular complexity index is 482. The van der Waals surface area contributed by atoms with E-state index in [1.807, 2.05) is 37.3 Å². The van der Waals surface area contributed by atoms with E-state index in [4.69, 9.17) is 9.47 Å². The van der Waals surface area contributed by atoms with Crippen LogP contribution >= 0.6 is 0 Å². The van der Waals surface area contributed by atoms with Crippen LogP contribution in [0.1, 0.15) is 19.8 Å². The molecule has 0 aromatic heterocycles. The average molecular weight is 291 g/mol. The molecule has 1 aromatic rings. The van der Waals surface area contributed by atoms with Crippen LogP contribution < -0.4 is 4.90 Å². The van der Waals surface area contributed by atoms with Crippen LogP contribution in [0.3, 0.4) is 0 Å². The van der Waals surface area contributed by atoms with Crippen LogP contribution in [0.25, 0.3) is 0 Å². The Balaban J connectivity index is 2.33. The van der Waals surface area contributed by atoms with E-state index in [2.05, 4.69) is 0 Å². The summed E-state index contributed by atoms with van der Waals surface area (Å²) in [5, 5.41) is 0. The van der Waals surface area contributed by atoms with Crippen LogP contribution in [-0.2, 0) is 19.1 Å². The minimum absolute atomic E-state index is 0.0732. The number of amides is 1. The van der Waals surface area contributed by atoms with E-state index in [0.717, 1.165) is 0 Å². The van der Waals surface area contributed by atoms with Crippen LogP contribution in [0.5, 0.6) is 0 Å². The smallest absolute Gasteiger partial charge is 0.328 e. The molecule has 0 bridgehead atoms. The quantitative estimate of drug-likeness (QED) is 0.779. The predicted molar refractivity (Wildman–Crippen MR) is 78.9 cm³/mol. The number of benzene rings is 1. The Morgan fingerprint density at radius 3 is 2.62 bits per heavy atom. The lowest BCUT2D eigenvalue weighted by atomic mass is 10.0. The zero-order chi connectivity index (χ0) is 15.2. The largest absolute Gasteiger partial charge is 0.467 e. The van der Waals surface area contributed by atoms with Crippen LogP contribution in [0.2, 0.25) is 0 Å². The van der Waals surface area contributed by atoms with Crippen LogP contribution in [0.4, 0.5) is 5.69 Å². The molecule has 2 atom stereocenters. The molecule has 1 heterocycles. The molecular formula is C16H21NO4. The zero-order valence-electron chi connectivity index (χ0n) is 12.5. The minimum atomic E-state index is -0.606. The second-order valence-corrected chi connectivity index (χ2v) is 5.05. The molecular weight excluding hydrogens is 270 g/mol. The predicted octanol–water partition coefficient (Wildman–Crippen LogP) is 2.01. The molecule has 2 rings (SSSR count). The number of hydrogen-bond donors (Lipinski definition) is 0. The van der Waals surface area contributed by atoms with Crippen molar-refractivity contribution >= 4 is 17.6 Å². The lowest BCUT2D eigenvalue weighted by Gasteiger charge is -2.31. The fraction of sp³-hybridized carbons (Fsp3) is 0.500. The highest BCUT2D eigenvalue weighted by Gasteiger charge is 2.35. The number of esters is 1. The van der Waals surface area contributed by atoms with E-state index in [1.165, 1.54) is 7.11 Å². The first kappa shape index (κ1) is 15.5. The molecule has 1 amide bonds. The summed E-state index contributed by atoms with van der Waals surface area (Å²) in [7, 11) is 1.34. The summed E-state index contributed by atoms with van der Waals surface area (Å²) in [6, 6.07) is 8.64. The molecule has 21 heavy (non-hydrogen) atoms. The first-order valence-corrected chi connectivity index (χ1v) is 7.22. The van der Waals surface area contributed by atoms with Crippen molar-refractivity contribution in [1.82, 2.24) is 0 Å². The second-order valence-electron chi connectivity index (χ2n) is 5.05. The topological polar surface area (TPSA) is 55.8 Å². The molecule has 1 aromatic carbocycles. The number of hydrogen-bond acceptors (Lipinski definition) is 4. The van der Waals surface area contributed by atoms with Crippen LogP contribution in [0.15, 0.2) is 30.3 Å². The highest BCUT2D eigenvalue weighted by atomic mass is 16.5. The van der Waals surface area contributed by atoms with E-state index in [0.29, 0.717) is 31.7 Å². The van der Waals surface area contributed by atoms with Crippen molar-refractivity contribution in [2.75, 3.05) is 25.2 Å². The Hall–Kier alpha value is -1.88. The molecule has 0 aliphatic carbocycles. The Labute approximate surface area is 124 Å². The number of anilines is 1. The maximum absolute atomic E-state index is 12.8. The summed E-state index contributed by atoms with van der Waals surface area (Å²) in [4.78, 5) is 26.4. The van der Waals surface area contributed by atoms with Gasteiger partial charge in [-0.05, 0) is 25.0 Å². The van der Waals surface area contributed by atoms with E-state index < -0.39 is 12.0 Å². The summed E-state index contributed by atoms with van der Waals surface area (Å²) in [6.07, 6.45) is 1.20. The Kier molecular flexibility index (Phi) is 5.33. The molecule has 0 N–H and O–H groups in total. The van der Waals surface area contributed by atoms with Gasteiger partial charge in [0.2, 0.25) is 5.91 Å². The number of nitrogens with zero attached hydrogens (tertiary/aromatic N) is 1. The average Bonchev–Trinajstić information content (AvgIpc) is 3.06. The molecule has 2 unspecified atom stereocenters. The third kappa shape index (κ3) is 3.42. The molecule has 114 valence electrons. The third-order valence-corrected chi connectivity index (χ3v) is 3.72. The summed E-state index contributed by atoms with van der Waals surface area (Å²) in [6.45, 7) is 2.88. The molecule has 5 heteroatoms. The summed E-state index contributed by atoms with van der Waals surface area (Å²) < 4.78 is 10.2. The summed E-state index contributed by atoms with van der Waals surface area (Å²) >= 11 is 0. The van der Waals surface area contributed by atoms with Crippen molar-refractivity contribution in [1.29, 1.82) is 0 Å². The van der Waals surface area contributed by atoms with E-state index in [-0.39, 0.29) is 11.8 Å². The van der Waals surface area contributed by atoms with Gasteiger partial charge in [0.15, 0.2) is 0 Å². The molecule has 1 saturated heterocycles. The summed E-state index contributed by atoms with van der Waals surface area (Å²) in [5.74, 6) is -0.659. The van der Waals surface area contributed by atoms with E-state index >= 15 is 0 Å². The molecule has 1 aliphatic heterocycles. The molecule has 5 nitrogen and oxygen atoms in total. The number of carbonyl (C=O) groups is 2. The van der Waals surface area contributed by atoms with Crippen molar-refractivity contribution in [2.24, 2.45) is 5.92 Å². The number of ether oxygens (including phenoxy) is 2. The maximum atomic E-state index is 12.8. The van der Waals surface area contributed by atoms with Gasteiger partial charge in [-0.15, -0.1) is 0 Å². The molecule has 0 spiro atoms. The van der Waals surface area contributed by atoms with Crippen LogP contribution in [0, 0.1) is 5.92 Å². The van der Waals surface area contributed by atoms with Crippen LogP contribution in [-0.4, -0.2) is 38.2 Å². The Morgan fingerprint density at radius 2 is 2.10 bits per heavy atom. The van der Waals surface area contributed by atoms with Gasteiger partial charge < -0.3 is 9.47 Å². The fourth-order valence-corrected chi connectivity index (χ4v) is 2.57. The standard InChI is InChI=1S/C16H21NO4/c1-3-14(16(19)20-2)17(13-7-5-4-6-8-13)15(18)12-9-10-21-11-12/h4-8,12,14H,3,9-11H2,1-2H3. The number of carbonyl (C=O) groups excluding carboxylic acids is 2. The maximum Gasteiger partial charge on any atom is 0.328 e. The van der Waals surface area contributed by atoms with Crippen molar-refractivity contribution in [2.45, 2.75) is 25.8 Å². The van der Waals surface area contributed by atoms with Crippen molar-refractivity contribution in [3.05, 3.63) is 30.3 Å². The van der Waals surface area contributed by atoms with Gasteiger partial charge >= 0.3 is 5.97 Å². The molecule has 0 saturated carbocycles. The number of rotatable bonds is 5. The van der Waals surface area contributed by atoms with E-state index in [1.54, 1.807) is 4.90 Å². The van der Waals surface area contributed by atoms with Gasteiger partial charge in [0.1, 0.15) is 6.04 Å². The third-order valence-electron chi connectivity index (χ3n) is 3.72. The SMILES string of the molecule is CCC(C(=O)OC)N(C(=O)C1CCOC1)c1ccccc1. The fourth-order valence-electron chi connectivity index (χ4n) is 2.57. The minimum Gasteiger partial charge on any atom is -0.467 e. The molecule has 1 aliphatic rings. The van der Waals surface area contributed by atoms with Crippen molar-refractivity contribution < 1.29 is 19.1 Å². The normalized spacial score (nSPS) is 19.0. The van der Waals surface area contributed by atoms with Gasteiger partial charge in [-0.25, -0.2) is 4.79 Å². The van der Waals surface area contributed by atoms with Gasteiger partial charge in [-0.1, -0.05) is 25.1 Å². The van der Waals surface area contributed by atoms with Crippen molar-refractivity contribution in [3.8, 4) is 0 Å².